The number of hydrogen-bond acceptors (Lipinski definition) is 6. The van der Waals surface area contributed by atoms with Gasteiger partial charge in [-0.3, -0.25) is 0 Å². The smallest absolute Gasteiger partial charge is 0.203 e. The van der Waals surface area contributed by atoms with E-state index in [1.807, 2.05) is 28.8 Å². The Morgan fingerprint density at radius 1 is 1.00 bits per heavy atom. The highest BCUT2D eigenvalue weighted by molar-refractivity contribution is 5.78. The maximum absolute atomic E-state index is 5.45. The fourth-order valence-electron chi connectivity index (χ4n) is 2.78. The van der Waals surface area contributed by atoms with E-state index in [1.54, 1.807) is 34.6 Å². The van der Waals surface area contributed by atoms with E-state index >= 15 is 0 Å². The minimum Gasteiger partial charge on any atom is -0.493 e. The normalized spacial score (nSPS) is 10.9. The molecule has 1 aromatic carbocycles. The number of fused-ring (bicyclic) bond motifs is 1. The summed E-state index contributed by atoms with van der Waals surface area (Å²) in [7, 11) is 6.44. The molecule has 0 radical (unpaired) electrons. The van der Waals surface area contributed by atoms with E-state index in [1.165, 1.54) is 0 Å². The first-order chi connectivity index (χ1) is 12.2. The molecule has 0 bridgehead atoms. The first-order valence-electron chi connectivity index (χ1n) is 7.84. The number of methoxy groups -OCH3 is 4. The zero-order valence-corrected chi connectivity index (χ0v) is 14.8. The van der Waals surface area contributed by atoms with Crippen LogP contribution in [0, 0.1) is 0 Å². The predicted octanol–water partition coefficient (Wildman–Crippen LogP) is 2.77. The zero-order chi connectivity index (χ0) is 17.8. The number of rotatable bonds is 7. The lowest BCUT2D eigenvalue weighted by atomic mass is 10.1. The van der Waals surface area contributed by atoms with Crippen molar-refractivity contribution in [1.29, 1.82) is 0 Å². The van der Waals surface area contributed by atoms with Gasteiger partial charge in [0.2, 0.25) is 5.75 Å². The van der Waals surface area contributed by atoms with Gasteiger partial charge in [0.05, 0.1) is 27.9 Å². The third kappa shape index (κ3) is 3.10. The Hall–Kier alpha value is -2.80. The molecule has 2 heterocycles. The molecule has 132 valence electrons. The molecule has 0 aliphatic heterocycles. The van der Waals surface area contributed by atoms with Crippen LogP contribution in [-0.2, 0) is 11.3 Å². The highest BCUT2D eigenvalue weighted by Gasteiger charge is 2.19. The van der Waals surface area contributed by atoms with Gasteiger partial charge in [0.1, 0.15) is 11.3 Å². The van der Waals surface area contributed by atoms with Gasteiger partial charge in [-0.2, -0.15) is 0 Å². The second-order valence-electron chi connectivity index (χ2n) is 5.34. The third-order valence-electron chi connectivity index (χ3n) is 3.95. The van der Waals surface area contributed by atoms with Crippen molar-refractivity contribution in [2.45, 2.75) is 6.54 Å². The first-order valence-corrected chi connectivity index (χ1v) is 7.84. The van der Waals surface area contributed by atoms with Crippen molar-refractivity contribution in [2.24, 2.45) is 0 Å². The molecule has 7 nitrogen and oxygen atoms in total. The third-order valence-corrected chi connectivity index (χ3v) is 3.95. The van der Waals surface area contributed by atoms with Crippen LogP contribution in [0.25, 0.3) is 22.6 Å². The Morgan fingerprint density at radius 3 is 2.32 bits per heavy atom. The van der Waals surface area contributed by atoms with Crippen molar-refractivity contribution in [3.8, 4) is 28.6 Å². The second-order valence-corrected chi connectivity index (χ2v) is 5.34. The summed E-state index contributed by atoms with van der Waals surface area (Å²) in [5, 5.41) is 0. The van der Waals surface area contributed by atoms with E-state index in [0.717, 1.165) is 22.6 Å². The van der Waals surface area contributed by atoms with E-state index in [0.29, 0.717) is 30.4 Å². The molecule has 0 aliphatic rings. The van der Waals surface area contributed by atoms with Gasteiger partial charge in [0, 0.05) is 25.4 Å². The topological polar surface area (TPSA) is 67.6 Å². The molecule has 0 spiro atoms. The van der Waals surface area contributed by atoms with Crippen LogP contribution in [0.2, 0.25) is 0 Å². The molecule has 0 unspecified atom stereocenters. The van der Waals surface area contributed by atoms with Crippen LogP contribution < -0.4 is 14.2 Å². The SMILES string of the molecule is COCCn1c(-c2cc(OC)c(OC)c(OC)c2)nc2cccnc21. The van der Waals surface area contributed by atoms with Crippen molar-refractivity contribution < 1.29 is 18.9 Å². The van der Waals surface area contributed by atoms with Gasteiger partial charge in [-0.25, -0.2) is 9.97 Å². The Bertz CT molecular complexity index is 851. The number of pyridine rings is 1. The summed E-state index contributed by atoms with van der Waals surface area (Å²) in [5.74, 6) is 2.47. The van der Waals surface area contributed by atoms with Gasteiger partial charge in [0.25, 0.3) is 0 Å². The monoisotopic (exact) mass is 343 g/mol. The van der Waals surface area contributed by atoms with E-state index in [9.17, 15) is 0 Å². The van der Waals surface area contributed by atoms with Crippen LogP contribution in [0.4, 0.5) is 0 Å². The summed E-state index contributed by atoms with van der Waals surface area (Å²) in [6.07, 6.45) is 1.76. The standard InChI is InChI=1S/C18H21N3O4/c1-22-9-8-21-17(20-13-6-5-7-19-18(13)21)12-10-14(23-2)16(25-4)15(11-12)24-3/h5-7,10-11H,8-9H2,1-4H3. The Labute approximate surface area is 146 Å². The predicted molar refractivity (Wildman–Crippen MR) is 94.5 cm³/mol. The van der Waals surface area contributed by atoms with Crippen molar-refractivity contribution in [1.82, 2.24) is 14.5 Å². The summed E-state index contributed by atoms with van der Waals surface area (Å²) >= 11 is 0. The van der Waals surface area contributed by atoms with Crippen molar-refractivity contribution in [3.63, 3.8) is 0 Å². The lowest BCUT2D eigenvalue weighted by Gasteiger charge is -2.15. The number of imidazole rings is 1. The highest BCUT2D eigenvalue weighted by atomic mass is 16.5. The molecule has 3 aromatic rings. The average molecular weight is 343 g/mol. The molecule has 7 heteroatoms. The van der Waals surface area contributed by atoms with Gasteiger partial charge in [-0.1, -0.05) is 0 Å². The molecule has 0 fully saturated rings. The number of benzene rings is 1. The minimum absolute atomic E-state index is 0.548. The fraction of sp³-hybridized carbons (Fsp3) is 0.333. The lowest BCUT2D eigenvalue weighted by Crippen LogP contribution is -2.07. The van der Waals surface area contributed by atoms with Crippen molar-refractivity contribution in [2.75, 3.05) is 35.0 Å². The number of nitrogens with zero attached hydrogens (tertiary/aromatic N) is 3. The Kier molecular flexibility index (Phi) is 5.04. The average Bonchev–Trinajstić information content (AvgIpc) is 3.03. The number of ether oxygens (including phenoxy) is 4. The van der Waals surface area contributed by atoms with Crippen LogP contribution in [0.1, 0.15) is 0 Å². The summed E-state index contributed by atoms with van der Waals surface area (Å²) in [5.41, 5.74) is 2.48. The number of hydrogen-bond donors (Lipinski definition) is 0. The lowest BCUT2D eigenvalue weighted by molar-refractivity contribution is 0.188. The van der Waals surface area contributed by atoms with Gasteiger partial charge >= 0.3 is 0 Å². The van der Waals surface area contributed by atoms with Gasteiger partial charge in [-0.15, -0.1) is 0 Å². The van der Waals surface area contributed by atoms with Gasteiger partial charge < -0.3 is 23.5 Å². The second kappa shape index (κ2) is 7.40. The highest BCUT2D eigenvalue weighted by Crippen LogP contribution is 2.41. The molecule has 0 saturated carbocycles. The summed E-state index contributed by atoms with van der Waals surface area (Å²) in [4.78, 5) is 9.19. The van der Waals surface area contributed by atoms with E-state index in [-0.39, 0.29) is 0 Å². The van der Waals surface area contributed by atoms with E-state index in [4.69, 9.17) is 23.9 Å². The molecule has 25 heavy (non-hydrogen) atoms. The van der Waals surface area contributed by atoms with Gasteiger partial charge in [0.15, 0.2) is 17.1 Å². The summed E-state index contributed by atoms with van der Waals surface area (Å²) in [6, 6.07) is 7.57. The molecule has 0 aliphatic carbocycles. The molecule has 0 atom stereocenters. The maximum atomic E-state index is 5.45. The molecule has 0 amide bonds. The molecule has 0 saturated heterocycles. The molecule has 2 aromatic heterocycles. The largest absolute Gasteiger partial charge is 0.493 e. The van der Waals surface area contributed by atoms with Crippen LogP contribution in [-0.4, -0.2) is 49.6 Å². The fourth-order valence-corrected chi connectivity index (χ4v) is 2.78. The van der Waals surface area contributed by atoms with E-state index < -0.39 is 0 Å². The summed E-state index contributed by atoms with van der Waals surface area (Å²) in [6.45, 7) is 1.19. The molecule has 3 rings (SSSR count). The van der Waals surface area contributed by atoms with Crippen LogP contribution in [0.5, 0.6) is 17.2 Å². The molecular weight excluding hydrogens is 322 g/mol. The Balaban J connectivity index is 2.21. The van der Waals surface area contributed by atoms with Crippen molar-refractivity contribution >= 4 is 11.2 Å². The molecular formula is C18H21N3O4. The molecule has 0 N–H and O–H groups in total. The number of aromatic nitrogens is 3. The first kappa shape index (κ1) is 17.0. The van der Waals surface area contributed by atoms with Gasteiger partial charge in [-0.05, 0) is 24.3 Å². The zero-order valence-electron chi connectivity index (χ0n) is 14.8. The van der Waals surface area contributed by atoms with Crippen LogP contribution in [0.15, 0.2) is 30.5 Å². The maximum Gasteiger partial charge on any atom is 0.203 e. The summed E-state index contributed by atoms with van der Waals surface area (Å²) < 4.78 is 23.6. The minimum atomic E-state index is 0.548. The van der Waals surface area contributed by atoms with Crippen LogP contribution >= 0.6 is 0 Å². The van der Waals surface area contributed by atoms with Crippen LogP contribution in [0.3, 0.4) is 0 Å². The Morgan fingerprint density at radius 2 is 1.72 bits per heavy atom. The quantitative estimate of drug-likeness (QED) is 0.657. The van der Waals surface area contributed by atoms with Crippen molar-refractivity contribution in [3.05, 3.63) is 30.5 Å². The van der Waals surface area contributed by atoms with E-state index in [2.05, 4.69) is 4.98 Å².